The minimum atomic E-state index is 0.330. The number of hydrogen-bond acceptors (Lipinski definition) is 4. The minimum absolute atomic E-state index is 0.330. The standard InChI is InChI=1S/C23H33N3S/c1-17(13-23(2,3)4)26-15-18(16-26)7-6-8-20-14-24-22(25-20)19-9-11-21(27-5)12-10-19/h9-12,18H,1,6-8,13-16H2,2-5H3. The Morgan fingerprint density at radius 3 is 2.56 bits per heavy atom. The van der Waals surface area contributed by atoms with E-state index < -0.39 is 0 Å². The maximum Gasteiger partial charge on any atom is 0.154 e. The molecule has 0 aliphatic carbocycles. The molecule has 27 heavy (non-hydrogen) atoms. The molecule has 3 nitrogen and oxygen atoms in total. The summed E-state index contributed by atoms with van der Waals surface area (Å²) in [6.07, 6.45) is 6.78. The van der Waals surface area contributed by atoms with Crippen LogP contribution >= 0.6 is 11.8 Å². The zero-order valence-corrected chi connectivity index (χ0v) is 18.1. The summed E-state index contributed by atoms with van der Waals surface area (Å²) in [6.45, 7) is 14.3. The average Bonchev–Trinajstić information content (AvgIpc) is 3.04. The summed E-state index contributed by atoms with van der Waals surface area (Å²) >= 11 is 1.76. The fourth-order valence-electron chi connectivity index (χ4n) is 3.75. The summed E-state index contributed by atoms with van der Waals surface area (Å²) in [7, 11) is 0. The normalized spacial score (nSPS) is 17.6. The molecule has 4 heteroatoms. The molecule has 0 unspecified atom stereocenters. The maximum atomic E-state index is 4.77. The first kappa shape index (κ1) is 20.2. The summed E-state index contributed by atoms with van der Waals surface area (Å²) in [5, 5.41) is 0. The minimum Gasteiger partial charge on any atom is -0.375 e. The van der Waals surface area contributed by atoms with E-state index in [1.807, 2.05) is 0 Å². The molecule has 1 aromatic carbocycles. The number of amidine groups is 1. The van der Waals surface area contributed by atoms with E-state index >= 15 is 0 Å². The second-order valence-corrected chi connectivity index (χ2v) is 9.89. The van der Waals surface area contributed by atoms with Crippen molar-refractivity contribution in [2.75, 3.05) is 25.9 Å². The number of thioether (sulfide) groups is 1. The molecular weight excluding hydrogens is 350 g/mol. The van der Waals surface area contributed by atoms with Gasteiger partial charge in [0.25, 0.3) is 0 Å². The van der Waals surface area contributed by atoms with Crippen LogP contribution in [-0.4, -0.2) is 42.3 Å². The molecular formula is C23H33N3S. The lowest BCUT2D eigenvalue weighted by molar-refractivity contribution is 0.121. The fraction of sp³-hybridized carbons (Fsp3) is 0.565. The van der Waals surface area contributed by atoms with Crippen molar-refractivity contribution in [1.82, 2.24) is 4.90 Å². The zero-order chi connectivity index (χ0) is 19.4. The van der Waals surface area contributed by atoms with Crippen molar-refractivity contribution >= 4 is 23.3 Å². The lowest BCUT2D eigenvalue weighted by atomic mass is 9.87. The topological polar surface area (TPSA) is 28.0 Å². The van der Waals surface area contributed by atoms with E-state index in [2.05, 4.69) is 67.8 Å². The van der Waals surface area contributed by atoms with Crippen molar-refractivity contribution in [3.05, 3.63) is 42.1 Å². The molecule has 1 fully saturated rings. The zero-order valence-electron chi connectivity index (χ0n) is 17.3. The number of likely N-dealkylation sites (tertiary alicyclic amines) is 1. The first-order chi connectivity index (χ1) is 12.8. The third-order valence-electron chi connectivity index (χ3n) is 5.24. The van der Waals surface area contributed by atoms with Gasteiger partial charge in [0.05, 0.1) is 6.54 Å². The van der Waals surface area contributed by atoms with Crippen molar-refractivity contribution in [3.63, 3.8) is 0 Å². The van der Waals surface area contributed by atoms with Crippen LogP contribution in [-0.2, 0) is 0 Å². The monoisotopic (exact) mass is 383 g/mol. The highest BCUT2D eigenvalue weighted by Gasteiger charge is 2.28. The molecule has 1 saturated heterocycles. The van der Waals surface area contributed by atoms with E-state index in [1.54, 1.807) is 11.8 Å². The van der Waals surface area contributed by atoms with Gasteiger partial charge in [-0.1, -0.05) is 39.5 Å². The summed E-state index contributed by atoms with van der Waals surface area (Å²) in [4.78, 5) is 13.1. The van der Waals surface area contributed by atoms with Gasteiger partial charge in [-0.2, -0.15) is 0 Å². The molecule has 0 aromatic heterocycles. The number of nitrogens with zero attached hydrogens (tertiary/aromatic N) is 3. The number of hydrogen-bond donors (Lipinski definition) is 0. The van der Waals surface area contributed by atoms with Gasteiger partial charge in [-0.25, -0.2) is 4.99 Å². The van der Waals surface area contributed by atoms with E-state index in [4.69, 9.17) is 4.99 Å². The Kier molecular flexibility index (Phi) is 6.46. The lowest BCUT2D eigenvalue weighted by Gasteiger charge is -2.43. The van der Waals surface area contributed by atoms with Gasteiger partial charge >= 0.3 is 0 Å². The molecule has 3 rings (SSSR count). The average molecular weight is 384 g/mol. The SMILES string of the molecule is C=C(CC(C)(C)C)N1CC(CCCC2=NC(c3ccc(SC)cc3)=NC2)C1. The molecule has 2 heterocycles. The first-order valence-electron chi connectivity index (χ1n) is 10.0. The van der Waals surface area contributed by atoms with Crippen LogP contribution in [0.4, 0.5) is 0 Å². The Labute approximate surface area is 169 Å². The van der Waals surface area contributed by atoms with Crippen molar-refractivity contribution in [2.45, 2.75) is 51.3 Å². The van der Waals surface area contributed by atoms with Gasteiger partial charge in [0.2, 0.25) is 0 Å². The van der Waals surface area contributed by atoms with Crippen LogP contribution in [0.5, 0.6) is 0 Å². The maximum absolute atomic E-state index is 4.77. The van der Waals surface area contributed by atoms with Gasteiger partial charge in [0.15, 0.2) is 5.84 Å². The van der Waals surface area contributed by atoms with Crippen LogP contribution in [0, 0.1) is 11.3 Å². The van der Waals surface area contributed by atoms with Crippen molar-refractivity contribution < 1.29 is 0 Å². The van der Waals surface area contributed by atoms with Crippen LogP contribution in [0.2, 0.25) is 0 Å². The number of rotatable bonds is 8. The number of benzene rings is 1. The molecule has 0 saturated carbocycles. The second kappa shape index (κ2) is 8.64. The molecule has 2 aliphatic heterocycles. The van der Waals surface area contributed by atoms with E-state index in [1.165, 1.54) is 42.2 Å². The van der Waals surface area contributed by atoms with Crippen LogP contribution in [0.25, 0.3) is 0 Å². The van der Waals surface area contributed by atoms with Crippen LogP contribution in [0.1, 0.15) is 52.0 Å². The van der Waals surface area contributed by atoms with Gasteiger partial charge in [-0.15, -0.1) is 11.8 Å². The van der Waals surface area contributed by atoms with Crippen LogP contribution < -0.4 is 0 Å². The highest BCUT2D eigenvalue weighted by molar-refractivity contribution is 7.98. The first-order valence-corrected chi connectivity index (χ1v) is 11.2. The number of aliphatic imine (C=N–C) groups is 2. The third kappa shape index (κ3) is 5.71. The number of allylic oxidation sites excluding steroid dienone is 1. The summed E-state index contributed by atoms with van der Waals surface area (Å²) < 4.78 is 0. The van der Waals surface area contributed by atoms with E-state index in [0.717, 1.165) is 36.7 Å². The quantitative estimate of drug-likeness (QED) is 0.542. The molecule has 0 bridgehead atoms. The van der Waals surface area contributed by atoms with Gasteiger partial charge in [-0.05, 0) is 55.4 Å². The largest absolute Gasteiger partial charge is 0.375 e. The molecule has 146 valence electrons. The van der Waals surface area contributed by atoms with Crippen molar-refractivity contribution in [3.8, 4) is 0 Å². The molecule has 1 aromatic rings. The third-order valence-corrected chi connectivity index (χ3v) is 5.98. The Balaban J connectivity index is 1.37. The Bertz CT molecular complexity index is 719. The highest BCUT2D eigenvalue weighted by atomic mass is 32.2. The van der Waals surface area contributed by atoms with E-state index in [0.29, 0.717) is 5.41 Å². The Morgan fingerprint density at radius 2 is 1.93 bits per heavy atom. The molecule has 0 atom stereocenters. The van der Waals surface area contributed by atoms with Gasteiger partial charge in [0, 0.05) is 35.0 Å². The van der Waals surface area contributed by atoms with Crippen LogP contribution in [0.3, 0.4) is 0 Å². The summed E-state index contributed by atoms with van der Waals surface area (Å²) in [5.41, 5.74) is 4.02. The van der Waals surface area contributed by atoms with Crippen molar-refractivity contribution in [2.24, 2.45) is 21.3 Å². The summed E-state index contributed by atoms with van der Waals surface area (Å²) in [6, 6.07) is 8.55. The van der Waals surface area contributed by atoms with Crippen molar-refractivity contribution in [1.29, 1.82) is 0 Å². The lowest BCUT2D eigenvalue weighted by Crippen LogP contribution is -2.46. The van der Waals surface area contributed by atoms with Crippen LogP contribution in [0.15, 0.2) is 51.4 Å². The Morgan fingerprint density at radius 1 is 1.22 bits per heavy atom. The van der Waals surface area contributed by atoms with E-state index in [-0.39, 0.29) is 0 Å². The molecule has 0 radical (unpaired) electrons. The second-order valence-electron chi connectivity index (χ2n) is 9.01. The van der Waals surface area contributed by atoms with Gasteiger partial charge in [0.1, 0.15) is 0 Å². The molecule has 2 aliphatic rings. The molecule has 0 spiro atoms. The molecule has 0 amide bonds. The van der Waals surface area contributed by atoms with E-state index in [9.17, 15) is 0 Å². The fourth-order valence-corrected chi connectivity index (χ4v) is 4.16. The Hall–Kier alpha value is -1.55. The van der Waals surface area contributed by atoms with Gasteiger partial charge < -0.3 is 4.90 Å². The predicted octanol–water partition coefficient (Wildman–Crippen LogP) is 5.66. The highest BCUT2D eigenvalue weighted by Crippen LogP contribution is 2.31. The smallest absolute Gasteiger partial charge is 0.154 e. The molecule has 0 N–H and O–H groups in total. The predicted molar refractivity (Wildman–Crippen MR) is 119 cm³/mol. The van der Waals surface area contributed by atoms with Gasteiger partial charge in [-0.3, -0.25) is 4.99 Å². The summed E-state index contributed by atoms with van der Waals surface area (Å²) in [5.74, 6) is 1.73.